The monoisotopic (exact) mass is 354 g/mol. The second kappa shape index (κ2) is 5.27. The number of hydrogen-bond acceptors (Lipinski definition) is 4. The highest BCUT2D eigenvalue weighted by Crippen LogP contribution is 2.31. The Morgan fingerprint density at radius 1 is 1.45 bits per heavy atom. The zero-order valence-electron chi connectivity index (χ0n) is 10.5. The Morgan fingerprint density at radius 3 is 2.95 bits per heavy atom. The standard InChI is InChI=1S/C13H12BrClN4O/c14-8-1-2-10-9(4-8)12(18-13(15)17-10)19-6-7(5-16)3-11(19)20/h1-2,4,7H,3,5-6,16H2. The Bertz CT molecular complexity index is 693. The van der Waals surface area contributed by atoms with Crippen molar-refractivity contribution >= 4 is 50.2 Å². The maximum atomic E-state index is 12.1. The Hall–Kier alpha value is -1.24. The molecule has 2 heterocycles. The van der Waals surface area contributed by atoms with Crippen LogP contribution in [0.15, 0.2) is 22.7 Å². The fourth-order valence-electron chi connectivity index (χ4n) is 2.41. The van der Waals surface area contributed by atoms with E-state index in [1.54, 1.807) is 4.90 Å². The Kier molecular flexibility index (Phi) is 3.62. The number of fused-ring (bicyclic) bond motifs is 1. The van der Waals surface area contributed by atoms with Crippen LogP contribution in [0.2, 0.25) is 5.28 Å². The van der Waals surface area contributed by atoms with Crippen molar-refractivity contribution in [2.45, 2.75) is 6.42 Å². The number of rotatable bonds is 2. The summed E-state index contributed by atoms with van der Waals surface area (Å²) in [5, 5.41) is 0.939. The van der Waals surface area contributed by atoms with E-state index >= 15 is 0 Å². The SMILES string of the molecule is NCC1CC(=O)N(c2nc(Cl)nc3ccc(Br)cc23)C1. The number of hydrogen-bond donors (Lipinski definition) is 1. The van der Waals surface area contributed by atoms with Crippen LogP contribution in [0.4, 0.5) is 5.82 Å². The van der Waals surface area contributed by atoms with Gasteiger partial charge in [0.25, 0.3) is 0 Å². The van der Waals surface area contributed by atoms with E-state index in [0.717, 1.165) is 9.86 Å². The lowest BCUT2D eigenvalue weighted by Gasteiger charge is -2.17. The van der Waals surface area contributed by atoms with E-state index in [2.05, 4.69) is 25.9 Å². The predicted molar refractivity (Wildman–Crippen MR) is 81.8 cm³/mol. The number of anilines is 1. The number of aromatic nitrogens is 2. The Morgan fingerprint density at radius 2 is 2.25 bits per heavy atom. The van der Waals surface area contributed by atoms with Crippen LogP contribution in [0.3, 0.4) is 0 Å². The number of benzene rings is 1. The fraction of sp³-hybridized carbons (Fsp3) is 0.308. The van der Waals surface area contributed by atoms with Crippen LogP contribution in [-0.2, 0) is 4.79 Å². The zero-order chi connectivity index (χ0) is 14.3. The summed E-state index contributed by atoms with van der Waals surface area (Å²) in [5.41, 5.74) is 6.37. The van der Waals surface area contributed by atoms with Gasteiger partial charge in [0.1, 0.15) is 5.82 Å². The maximum Gasteiger partial charge on any atom is 0.228 e. The van der Waals surface area contributed by atoms with Gasteiger partial charge in [0.05, 0.1) is 5.52 Å². The molecule has 1 fully saturated rings. The van der Waals surface area contributed by atoms with Crippen molar-refractivity contribution in [1.29, 1.82) is 0 Å². The van der Waals surface area contributed by atoms with Gasteiger partial charge in [-0.3, -0.25) is 9.69 Å². The number of carbonyl (C=O) groups is 1. The van der Waals surface area contributed by atoms with Gasteiger partial charge in [0, 0.05) is 22.8 Å². The molecule has 0 saturated carbocycles. The fourth-order valence-corrected chi connectivity index (χ4v) is 2.94. The summed E-state index contributed by atoms with van der Waals surface area (Å²) in [6, 6.07) is 5.62. The lowest BCUT2D eigenvalue weighted by Crippen LogP contribution is -2.27. The first-order chi connectivity index (χ1) is 9.58. The van der Waals surface area contributed by atoms with Gasteiger partial charge >= 0.3 is 0 Å². The molecule has 1 aromatic carbocycles. The maximum absolute atomic E-state index is 12.1. The van der Waals surface area contributed by atoms with E-state index in [9.17, 15) is 4.79 Å². The molecule has 5 nitrogen and oxygen atoms in total. The first-order valence-electron chi connectivity index (χ1n) is 6.21. The highest BCUT2D eigenvalue weighted by Gasteiger charge is 2.31. The molecule has 2 aromatic rings. The zero-order valence-corrected chi connectivity index (χ0v) is 12.9. The third-order valence-electron chi connectivity index (χ3n) is 3.40. The van der Waals surface area contributed by atoms with E-state index in [1.165, 1.54) is 0 Å². The summed E-state index contributed by atoms with van der Waals surface area (Å²) < 4.78 is 0.902. The van der Waals surface area contributed by atoms with Crippen molar-refractivity contribution in [2.24, 2.45) is 11.7 Å². The van der Waals surface area contributed by atoms with E-state index in [-0.39, 0.29) is 17.1 Å². The molecule has 1 aromatic heterocycles. The summed E-state index contributed by atoms with van der Waals surface area (Å²) in [6.45, 7) is 1.06. The molecule has 1 amide bonds. The molecule has 3 rings (SSSR count). The number of nitrogens with two attached hydrogens (primary N) is 1. The second-order valence-electron chi connectivity index (χ2n) is 4.79. The van der Waals surface area contributed by atoms with Crippen LogP contribution in [-0.4, -0.2) is 29.0 Å². The molecule has 104 valence electrons. The smallest absolute Gasteiger partial charge is 0.228 e. The van der Waals surface area contributed by atoms with Gasteiger partial charge in [-0.1, -0.05) is 15.9 Å². The van der Waals surface area contributed by atoms with Crippen LogP contribution in [0.5, 0.6) is 0 Å². The molecule has 0 spiro atoms. The van der Waals surface area contributed by atoms with Crippen LogP contribution in [0.1, 0.15) is 6.42 Å². The largest absolute Gasteiger partial charge is 0.330 e. The van der Waals surface area contributed by atoms with E-state index in [4.69, 9.17) is 17.3 Å². The molecule has 1 atom stereocenters. The summed E-state index contributed by atoms with van der Waals surface area (Å²) in [7, 11) is 0. The van der Waals surface area contributed by atoms with E-state index in [1.807, 2.05) is 18.2 Å². The molecule has 1 aliphatic rings. The number of nitrogens with zero attached hydrogens (tertiary/aromatic N) is 3. The number of amides is 1. The van der Waals surface area contributed by atoms with Gasteiger partial charge < -0.3 is 5.73 Å². The molecule has 0 radical (unpaired) electrons. The average molecular weight is 356 g/mol. The van der Waals surface area contributed by atoms with Crippen molar-refractivity contribution in [2.75, 3.05) is 18.0 Å². The van der Waals surface area contributed by atoms with Crippen molar-refractivity contribution in [3.8, 4) is 0 Å². The lowest BCUT2D eigenvalue weighted by atomic mass is 10.1. The van der Waals surface area contributed by atoms with Crippen LogP contribution < -0.4 is 10.6 Å². The van der Waals surface area contributed by atoms with Gasteiger partial charge in [0.2, 0.25) is 11.2 Å². The molecule has 7 heteroatoms. The molecule has 0 bridgehead atoms. The van der Waals surface area contributed by atoms with E-state index in [0.29, 0.717) is 30.8 Å². The van der Waals surface area contributed by atoms with Crippen molar-refractivity contribution in [3.63, 3.8) is 0 Å². The normalized spacial score (nSPS) is 19.1. The minimum absolute atomic E-state index is 0.0245. The van der Waals surface area contributed by atoms with Crippen LogP contribution >= 0.6 is 27.5 Å². The summed E-state index contributed by atoms with van der Waals surface area (Å²) >= 11 is 9.39. The summed E-state index contributed by atoms with van der Waals surface area (Å²) in [4.78, 5) is 22.2. The first-order valence-corrected chi connectivity index (χ1v) is 7.39. The van der Waals surface area contributed by atoms with Gasteiger partial charge in [-0.15, -0.1) is 0 Å². The molecular weight excluding hydrogens is 344 g/mol. The number of carbonyl (C=O) groups excluding carboxylic acids is 1. The molecule has 1 unspecified atom stereocenters. The van der Waals surface area contributed by atoms with Crippen LogP contribution in [0, 0.1) is 5.92 Å². The second-order valence-corrected chi connectivity index (χ2v) is 6.04. The highest BCUT2D eigenvalue weighted by molar-refractivity contribution is 9.10. The minimum Gasteiger partial charge on any atom is -0.330 e. The highest BCUT2D eigenvalue weighted by atomic mass is 79.9. The average Bonchev–Trinajstić information content (AvgIpc) is 2.79. The van der Waals surface area contributed by atoms with Gasteiger partial charge in [0.15, 0.2) is 0 Å². The molecule has 2 N–H and O–H groups in total. The molecule has 1 aliphatic heterocycles. The first kappa shape index (κ1) is 13.7. The third-order valence-corrected chi connectivity index (χ3v) is 4.07. The summed E-state index contributed by atoms with van der Waals surface area (Å²) in [6.07, 6.45) is 0.452. The third kappa shape index (κ3) is 2.39. The predicted octanol–water partition coefficient (Wildman–Crippen LogP) is 2.36. The van der Waals surface area contributed by atoms with Crippen molar-refractivity contribution < 1.29 is 4.79 Å². The summed E-state index contributed by atoms with van der Waals surface area (Å²) in [5.74, 6) is 0.747. The Balaban J connectivity index is 2.15. The topological polar surface area (TPSA) is 72.1 Å². The van der Waals surface area contributed by atoms with Gasteiger partial charge in [-0.2, -0.15) is 4.98 Å². The van der Waals surface area contributed by atoms with Gasteiger partial charge in [-0.05, 0) is 42.3 Å². The molecule has 1 saturated heterocycles. The van der Waals surface area contributed by atoms with E-state index < -0.39 is 0 Å². The molecular formula is C13H12BrClN4O. The quantitative estimate of drug-likeness (QED) is 0.839. The Labute approximate surface area is 129 Å². The van der Waals surface area contributed by atoms with Crippen molar-refractivity contribution in [1.82, 2.24) is 9.97 Å². The van der Waals surface area contributed by atoms with Crippen molar-refractivity contribution in [3.05, 3.63) is 28.0 Å². The molecule has 0 aliphatic carbocycles. The molecule has 20 heavy (non-hydrogen) atoms. The minimum atomic E-state index is 0.0245. The lowest BCUT2D eigenvalue weighted by molar-refractivity contribution is -0.117. The van der Waals surface area contributed by atoms with Gasteiger partial charge in [-0.25, -0.2) is 4.98 Å². The van der Waals surface area contributed by atoms with Crippen LogP contribution in [0.25, 0.3) is 10.9 Å². The number of halogens is 2.